The molecule has 0 aromatic rings. The molecule has 302 valence electrons. The number of esters is 2. The van der Waals surface area contributed by atoms with Crippen LogP contribution in [-0.2, 0) is 32.7 Å². The summed E-state index contributed by atoms with van der Waals surface area (Å²) in [5, 5.41) is 8.78. The summed E-state index contributed by atoms with van der Waals surface area (Å²) in [5.74, 6) is -0.909. The molecular formula is C41H74NO9P. The minimum Gasteiger partial charge on any atom is -0.462 e. The van der Waals surface area contributed by atoms with Crippen LogP contribution in [0.3, 0.4) is 0 Å². The number of phosphoric ester groups is 1. The van der Waals surface area contributed by atoms with E-state index in [9.17, 15) is 19.0 Å². The number of hydrogen-bond acceptors (Lipinski definition) is 9. The zero-order chi connectivity index (χ0) is 38.2. The van der Waals surface area contributed by atoms with Gasteiger partial charge in [0, 0.05) is 26.0 Å². The molecule has 0 saturated carbocycles. The van der Waals surface area contributed by atoms with Crippen LogP contribution in [0.5, 0.6) is 0 Å². The number of phosphoric acid groups is 1. The lowest BCUT2D eigenvalue weighted by atomic mass is 10.0. The molecule has 0 aromatic heterocycles. The smallest absolute Gasteiger partial charge is 0.462 e. The molecule has 0 aliphatic carbocycles. The van der Waals surface area contributed by atoms with Crippen LogP contribution in [0.4, 0.5) is 0 Å². The lowest BCUT2D eigenvalue weighted by Crippen LogP contribution is -2.29. The van der Waals surface area contributed by atoms with E-state index >= 15 is 0 Å². The van der Waals surface area contributed by atoms with Crippen molar-refractivity contribution in [3.63, 3.8) is 0 Å². The molecule has 0 amide bonds. The van der Waals surface area contributed by atoms with Crippen molar-refractivity contribution in [2.75, 3.05) is 33.0 Å². The third-order valence-corrected chi connectivity index (χ3v) is 9.26. The number of aliphatic hydroxyl groups is 1. The second kappa shape index (κ2) is 38.6. The Morgan fingerprint density at radius 2 is 1.10 bits per heavy atom. The van der Waals surface area contributed by atoms with Gasteiger partial charge in [0.15, 0.2) is 6.10 Å². The van der Waals surface area contributed by atoms with E-state index in [1.165, 1.54) is 64.2 Å². The molecule has 2 unspecified atom stereocenters. The van der Waals surface area contributed by atoms with Crippen LogP contribution >= 0.6 is 7.82 Å². The van der Waals surface area contributed by atoms with Crippen LogP contribution in [0.15, 0.2) is 48.6 Å². The van der Waals surface area contributed by atoms with Gasteiger partial charge in [-0.05, 0) is 57.8 Å². The molecule has 0 fully saturated rings. The van der Waals surface area contributed by atoms with Crippen molar-refractivity contribution >= 4 is 19.8 Å². The van der Waals surface area contributed by atoms with E-state index in [-0.39, 0.29) is 39.2 Å². The fourth-order valence-electron chi connectivity index (χ4n) is 5.25. The molecule has 0 aliphatic heterocycles. The summed E-state index contributed by atoms with van der Waals surface area (Å²) in [6.45, 7) is 1.66. The van der Waals surface area contributed by atoms with Gasteiger partial charge in [-0.15, -0.1) is 0 Å². The number of hydrogen-bond donors (Lipinski definition) is 3. The van der Waals surface area contributed by atoms with E-state index in [0.717, 1.165) is 64.2 Å². The molecule has 11 heteroatoms. The van der Waals surface area contributed by atoms with Crippen LogP contribution in [-0.4, -0.2) is 61.0 Å². The Bertz CT molecular complexity index is 999. The van der Waals surface area contributed by atoms with E-state index < -0.39 is 32.5 Å². The van der Waals surface area contributed by atoms with Gasteiger partial charge in [0.25, 0.3) is 0 Å². The molecule has 0 radical (unpaired) electrons. The summed E-state index contributed by atoms with van der Waals surface area (Å²) >= 11 is 0. The second-order valence-electron chi connectivity index (χ2n) is 13.2. The molecule has 0 rings (SSSR count). The predicted octanol–water partition coefficient (Wildman–Crippen LogP) is 10.1. The Morgan fingerprint density at radius 1 is 0.615 bits per heavy atom. The minimum atomic E-state index is -4.39. The topological polar surface area (TPSA) is 155 Å². The van der Waals surface area contributed by atoms with Gasteiger partial charge < -0.3 is 25.2 Å². The number of ether oxygens (including phenoxy) is 2. The molecule has 0 bridgehead atoms. The third kappa shape index (κ3) is 37.7. The Morgan fingerprint density at radius 3 is 1.63 bits per heavy atom. The Balaban J connectivity index is 4.29. The number of rotatable bonds is 38. The number of carbonyl (C=O) groups excluding carboxylic acids is 2. The standard InChI is InChI=1S/C41H74NO9P/c1-2-3-4-5-6-7-8-14-17-20-23-26-29-32-40(44)48-37-39(38-50-52(46,47)49-36-34-42)51-41(45)33-30-27-24-21-18-15-12-10-9-11-13-16-19-22-25-28-31-35-43/h9,11-12,15-16,19,21,24,39,43H,2-8,10,13-14,17-18,20,22-23,25-38,42H2,1H3,(H,46,47). The number of carbonyl (C=O) groups is 2. The normalized spacial score (nSPS) is 13.8. The Hall–Kier alpha value is -2.07. The molecule has 0 spiro atoms. The zero-order valence-electron chi connectivity index (χ0n) is 32.5. The second-order valence-corrected chi connectivity index (χ2v) is 14.7. The summed E-state index contributed by atoms with van der Waals surface area (Å²) in [5.41, 5.74) is 5.33. The quantitative estimate of drug-likeness (QED) is 0.0240. The summed E-state index contributed by atoms with van der Waals surface area (Å²) in [6.07, 6.45) is 40.2. The molecule has 0 heterocycles. The Kier molecular flexibility index (Phi) is 37.1. The first kappa shape index (κ1) is 49.9. The van der Waals surface area contributed by atoms with Gasteiger partial charge in [-0.3, -0.25) is 18.6 Å². The van der Waals surface area contributed by atoms with E-state index in [4.69, 9.17) is 29.4 Å². The molecule has 52 heavy (non-hydrogen) atoms. The summed E-state index contributed by atoms with van der Waals surface area (Å²) in [4.78, 5) is 34.7. The monoisotopic (exact) mass is 756 g/mol. The number of aliphatic hydroxyl groups excluding tert-OH is 1. The lowest BCUT2D eigenvalue weighted by Gasteiger charge is -2.19. The molecule has 2 atom stereocenters. The van der Waals surface area contributed by atoms with E-state index in [1.54, 1.807) is 0 Å². The average molecular weight is 756 g/mol. The maximum absolute atomic E-state index is 12.5. The molecule has 0 saturated heterocycles. The van der Waals surface area contributed by atoms with Crippen LogP contribution in [0.25, 0.3) is 0 Å². The third-order valence-electron chi connectivity index (χ3n) is 8.27. The van der Waals surface area contributed by atoms with Gasteiger partial charge in [-0.2, -0.15) is 0 Å². The number of allylic oxidation sites excluding steroid dienone is 8. The van der Waals surface area contributed by atoms with Crippen molar-refractivity contribution in [3.05, 3.63) is 48.6 Å². The average Bonchev–Trinajstić information content (AvgIpc) is 3.13. The van der Waals surface area contributed by atoms with Gasteiger partial charge in [-0.25, -0.2) is 4.57 Å². The fraction of sp³-hybridized carbons (Fsp3) is 0.756. The largest absolute Gasteiger partial charge is 0.472 e. The highest BCUT2D eigenvalue weighted by atomic mass is 31.2. The van der Waals surface area contributed by atoms with Crippen LogP contribution in [0.1, 0.15) is 161 Å². The SMILES string of the molecule is CCCCCCCCCCCCCCCC(=O)OCC(COP(=O)(O)OCCN)OC(=O)CCCC=CCC=CCC=CCC=CCCCCCO. The maximum Gasteiger partial charge on any atom is 0.472 e. The van der Waals surface area contributed by atoms with E-state index in [0.29, 0.717) is 12.8 Å². The summed E-state index contributed by atoms with van der Waals surface area (Å²) in [6, 6.07) is 0. The highest BCUT2D eigenvalue weighted by molar-refractivity contribution is 7.47. The first-order valence-corrected chi connectivity index (χ1v) is 21.7. The lowest BCUT2D eigenvalue weighted by molar-refractivity contribution is -0.161. The summed E-state index contributed by atoms with van der Waals surface area (Å²) in [7, 11) is -4.39. The van der Waals surface area contributed by atoms with Crippen molar-refractivity contribution in [2.45, 2.75) is 167 Å². The van der Waals surface area contributed by atoms with Crippen LogP contribution in [0, 0.1) is 0 Å². The highest BCUT2D eigenvalue weighted by Crippen LogP contribution is 2.43. The summed E-state index contributed by atoms with van der Waals surface area (Å²) < 4.78 is 32.6. The van der Waals surface area contributed by atoms with Crippen LogP contribution in [0.2, 0.25) is 0 Å². The Labute approximate surface area is 316 Å². The van der Waals surface area contributed by atoms with Crippen molar-refractivity contribution in [1.29, 1.82) is 0 Å². The molecule has 0 aliphatic rings. The van der Waals surface area contributed by atoms with Gasteiger partial charge >= 0.3 is 19.8 Å². The zero-order valence-corrected chi connectivity index (χ0v) is 33.4. The van der Waals surface area contributed by atoms with Gasteiger partial charge in [-0.1, -0.05) is 139 Å². The fourth-order valence-corrected chi connectivity index (χ4v) is 6.02. The highest BCUT2D eigenvalue weighted by Gasteiger charge is 2.25. The van der Waals surface area contributed by atoms with Crippen molar-refractivity contribution in [1.82, 2.24) is 0 Å². The van der Waals surface area contributed by atoms with Gasteiger partial charge in [0.05, 0.1) is 13.2 Å². The first-order chi connectivity index (χ1) is 25.3. The molecule has 4 N–H and O–H groups in total. The van der Waals surface area contributed by atoms with Crippen molar-refractivity contribution in [3.8, 4) is 0 Å². The maximum atomic E-state index is 12.5. The molecule has 10 nitrogen and oxygen atoms in total. The predicted molar refractivity (Wildman–Crippen MR) is 212 cm³/mol. The number of unbranched alkanes of at least 4 members (excludes halogenated alkanes) is 16. The number of nitrogens with two attached hydrogens (primary N) is 1. The molecule has 0 aromatic carbocycles. The van der Waals surface area contributed by atoms with E-state index in [2.05, 4.69) is 49.5 Å². The van der Waals surface area contributed by atoms with Crippen molar-refractivity contribution in [2.24, 2.45) is 5.73 Å². The van der Waals surface area contributed by atoms with Gasteiger partial charge in [0.1, 0.15) is 6.61 Å². The molecular weight excluding hydrogens is 681 g/mol. The first-order valence-electron chi connectivity index (χ1n) is 20.2. The van der Waals surface area contributed by atoms with Crippen molar-refractivity contribution < 1.29 is 42.7 Å². The van der Waals surface area contributed by atoms with Crippen LogP contribution < -0.4 is 5.73 Å². The van der Waals surface area contributed by atoms with Gasteiger partial charge in [0.2, 0.25) is 0 Å². The van der Waals surface area contributed by atoms with E-state index in [1.807, 2.05) is 6.08 Å². The minimum absolute atomic E-state index is 0.0395.